The molecule has 19 heavy (non-hydrogen) atoms. The van der Waals surface area contributed by atoms with E-state index in [0.29, 0.717) is 12.6 Å². The molecule has 0 aliphatic carbocycles. The monoisotopic (exact) mass is 280 g/mol. The van der Waals surface area contributed by atoms with Gasteiger partial charge in [-0.05, 0) is 12.1 Å². The first-order valence-electron chi connectivity index (χ1n) is 6.19. The van der Waals surface area contributed by atoms with Crippen molar-refractivity contribution in [3.05, 3.63) is 46.2 Å². The van der Waals surface area contributed by atoms with Crippen molar-refractivity contribution < 1.29 is 9.13 Å². The first-order chi connectivity index (χ1) is 9.15. The molecule has 0 fully saturated rings. The summed E-state index contributed by atoms with van der Waals surface area (Å²) in [7, 11) is 0. The molecule has 0 saturated carbocycles. The second kappa shape index (κ2) is 6.63. The van der Waals surface area contributed by atoms with Gasteiger partial charge in [0.1, 0.15) is 11.6 Å². The number of hydrogen-bond acceptors (Lipinski definition) is 4. The molecule has 2 aromatic rings. The van der Waals surface area contributed by atoms with E-state index < -0.39 is 0 Å². The first-order valence-corrected chi connectivity index (χ1v) is 7.07. The molecule has 0 unspecified atom stereocenters. The van der Waals surface area contributed by atoms with Gasteiger partial charge in [-0.25, -0.2) is 9.37 Å². The lowest BCUT2D eigenvalue weighted by molar-refractivity contribution is 0.286. The fourth-order valence-corrected chi connectivity index (χ4v) is 2.23. The van der Waals surface area contributed by atoms with Gasteiger partial charge >= 0.3 is 0 Å². The summed E-state index contributed by atoms with van der Waals surface area (Å²) in [6.07, 6.45) is 0. The largest absolute Gasteiger partial charge is 0.484 e. The number of nitrogens with zero attached hydrogens (tertiary/aromatic N) is 1. The molecule has 102 valence electrons. The fourth-order valence-electron chi connectivity index (χ4n) is 1.50. The van der Waals surface area contributed by atoms with Gasteiger partial charge in [0, 0.05) is 18.0 Å². The number of benzene rings is 1. The minimum absolute atomic E-state index is 0.261. The van der Waals surface area contributed by atoms with E-state index in [-0.39, 0.29) is 11.6 Å². The molecule has 3 nitrogen and oxygen atoms in total. The van der Waals surface area contributed by atoms with Gasteiger partial charge in [0.2, 0.25) is 0 Å². The Hall–Kier alpha value is -1.46. The van der Waals surface area contributed by atoms with Crippen LogP contribution in [0.1, 0.15) is 24.5 Å². The van der Waals surface area contributed by atoms with E-state index in [1.807, 2.05) is 5.38 Å². The van der Waals surface area contributed by atoms with Crippen LogP contribution in [0.2, 0.25) is 0 Å². The van der Waals surface area contributed by atoms with Crippen molar-refractivity contribution in [2.75, 3.05) is 0 Å². The van der Waals surface area contributed by atoms with Crippen LogP contribution in [0.15, 0.2) is 29.6 Å². The van der Waals surface area contributed by atoms with Crippen molar-refractivity contribution >= 4 is 11.3 Å². The van der Waals surface area contributed by atoms with Gasteiger partial charge in [-0.3, -0.25) is 0 Å². The van der Waals surface area contributed by atoms with Crippen LogP contribution in [0, 0.1) is 5.82 Å². The van der Waals surface area contributed by atoms with Crippen LogP contribution in [-0.2, 0) is 13.2 Å². The van der Waals surface area contributed by atoms with Crippen molar-refractivity contribution in [2.24, 2.45) is 0 Å². The minimum Gasteiger partial charge on any atom is -0.484 e. The Bertz CT molecular complexity index is 528. The molecule has 0 atom stereocenters. The van der Waals surface area contributed by atoms with Crippen LogP contribution in [0.3, 0.4) is 0 Å². The highest BCUT2D eigenvalue weighted by atomic mass is 32.1. The van der Waals surface area contributed by atoms with E-state index in [2.05, 4.69) is 24.1 Å². The van der Waals surface area contributed by atoms with Crippen LogP contribution < -0.4 is 10.1 Å². The fraction of sp³-hybridized carbons (Fsp3) is 0.357. The molecular weight excluding hydrogens is 263 g/mol. The lowest BCUT2D eigenvalue weighted by Crippen LogP contribution is -2.21. The first kappa shape index (κ1) is 14.0. The van der Waals surface area contributed by atoms with Gasteiger partial charge in [0.25, 0.3) is 0 Å². The lowest BCUT2D eigenvalue weighted by atomic mass is 10.3. The van der Waals surface area contributed by atoms with Gasteiger partial charge in [0.15, 0.2) is 11.6 Å². The highest BCUT2D eigenvalue weighted by Crippen LogP contribution is 2.18. The zero-order chi connectivity index (χ0) is 13.7. The normalized spacial score (nSPS) is 10.9. The second-order valence-corrected chi connectivity index (χ2v) is 5.43. The van der Waals surface area contributed by atoms with Crippen molar-refractivity contribution in [3.63, 3.8) is 0 Å². The number of nitrogens with one attached hydrogen (secondary N) is 1. The molecule has 0 saturated heterocycles. The molecular formula is C14H17FN2OS. The molecule has 0 radical (unpaired) electrons. The summed E-state index contributed by atoms with van der Waals surface area (Å²) in [5, 5.41) is 6.26. The highest BCUT2D eigenvalue weighted by molar-refractivity contribution is 7.09. The Balaban J connectivity index is 1.88. The standard InChI is InChI=1S/C14H17FN2OS/c1-10(2)16-7-14-17-11(9-19-14)8-18-13-6-4-3-5-12(13)15/h3-6,9-10,16H,7-8H2,1-2H3. The number of ether oxygens (including phenoxy) is 1. The molecule has 0 spiro atoms. The van der Waals surface area contributed by atoms with E-state index in [1.54, 1.807) is 29.5 Å². The van der Waals surface area contributed by atoms with Crippen LogP contribution in [0.25, 0.3) is 0 Å². The molecule has 1 aromatic heterocycles. The number of rotatable bonds is 6. The predicted molar refractivity (Wildman–Crippen MR) is 74.8 cm³/mol. The highest BCUT2D eigenvalue weighted by Gasteiger charge is 2.06. The molecule has 1 aromatic carbocycles. The Kier molecular flexibility index (Phi) is 4.87. The Morgan fingerprint density at radius 1 is 1.37 bits per heavy atom. The smallest absolute Gasteiger partial charge is 0.165 e. The number of halogens is 1. The van der Waals surface area contributed by atoms with Gasteiger partial charge in [-0.15, -0.1) is 11.3 Å². The summed E-state index contributed by atoms with van der Waals surface area (Å²) in [5.74, 6) is -0.0863. The molecule has 0 amide bonds. The quantitative estimate of drug-likeness (QED) is 0.881. The molecule has 0 aliphatic rings. The Labute approximate surface area is 116 Å². The molecule has 2 rings (SSSR count). The van der Waals surface area contributed by atoms with E-state index in [9.17, 15) is 4.39 Å². The summed E-state index contributed by atoms with van der Waals surface area (Å²) in [5.41, 5.74) is 0.828. The third kappa shape index (κ3) is 4.29. The van der Waals surface area contributed by atoms with Crippen LogP contribution in [-0.4, -0.2) is 11.0 Å². The minimum atomic E-state index is -0.348. The van der Waals surface area contributed by atoms with Crippen molar-refractivity contribution in [3.8, 4) is 5.75 Å². The molecule has 1 heterocycles. The SMILES string of the molecule is CC(C)NCc1nc(COc2ccccc2F)cs1. The van der Waals surface area contributed by atoms with Crippen molar-refractivity contribution in [2.45, 2.75) is 33.0 Å². The maximum atomic E-state index is 13.4. The van der Waals surface area contributed by atoms with Gasteiger partial charge in [-0.2, -0.15) is 0 Å². The zero-order valence-electron chi connectivity index (χ0n) is 11.0. The zero-order valence-corrected chi connectivity index (χ0v) is 11.8. The van der Waals surface area contributed by atoms with Crippen LogP contribution in [0.4, 0.5) is 4.39 Å². The van der Waals surface area contributed by atoms with E-state index in [1.165, 1.54) is 6.07 Å². The van der Waals surface area contributed by atoms with E-state index in [0.717, 1.165) is 17.2 Å². The van der Waals surface area contributed by atoms with E-state index >= 15 is 0 Å². The molecule has 1 N–H and O–H groups in total. The van der Waals surface area contributed by atoms with Gasteiger partial charge < -0.3 is 10.1 Å². The Morgan fingerprint density at radius 2 is 2.16 bits per heavy atom. The van der Waals surface area contributed by atoms with Crippen molar-refractivity contribution in [1.82, 2.24) is 10.3 Å². The summed E-state index contributed by atoms with van der Waals surface area (Å²) >= 11 is 1.58. The van der Waals surface area contributed by atoms with Gasteiger partial charge in [-0.1, -0.05) is 26.0 Å². The predicted octanol–water partition coefficient (Wildman–Crippen LogP) is 3.36. The maximum absolute atomic E-state index is 13.4. The summed E-state index contributed by atoms with van der Waals surface area (Å²) in [6, 6.07) is 6.82. The average Bonchev–Trinajstić information content (AvgIpc) is 2.83. The number of para-hydroxylation sites is 1. The summed E-state index contributed by atoms with van der Waals surface area (Å²) in [4.78, 5) is 4.44. The second-order valence-electron chi connectivity index (χ2n) is 4.49. The molecule has 5 heteroatoms. The van der Waals surface area contributed by atoms with Gasteiger partial charge in [0.05, 0.1) is 5.69 Å². The topological polar surface area (TPSA) is 34.2 Å². The summed E-state index contributed by atoms with van der Waals surface area (Å²) in [6.45, 7) is 5.23. The van der Waals surface area contributed by atoms with Crippen molar-refractivity contribution in [1.29, 1.82) is 0 Å². The van der Waals surface area contributed by atoms with Crippen LogP contribution in [0.5, 0.6) is 5.75 Å². The van der Waals surface area contributed by atoms with E-state index in [4.69, 9.17) is 4.74 Å². The average molecular weight is 280 g/mol. The number of hydrogen-bond donors (Lipinski definition) is 1. The third-order valence-corrected chi connectivity index (χ3v) is 3.37. The molecule has 0 aliphatic heterocycles. The molecule has 0 bridgehead atoms. The summed E-state index contributed by atoms with van der Waals surface area (Å²) < 4.78 is 18.8. The van der Waals surface area contributed by atoms with Crippen LogP contribution >= 0.6 is 11.3 Å². The number of thiazole rings is 1. The Morgan fingerprint density at radius 3 is 2.89 bits per heavy atom. The number of aromatic nitrogens is 1. The maximum Gasteiger partial charge on any atom is 0.165 e. The lowest BCUT2D eigenvalue weighted by Gasteiger charge is -2.05. The third-order valence-electron chi connectivity index (χ3n) is 2.47.